The first-order chi connectivity index (χ1) is 7.29. The monoisotopic (exact) mass is 227 g/mol. The summed E-state index contributed by atoms with van der Waals surface area (Å²) in [7, 11) is 0. The molecule has 1 aromatic rings. The van der Waals surface area contributed by atoms with Gasteiger partial charge in [0.15, 0.2) is 0 Å². The first-order valence-corrected chi connectivity index (χ1v) is 6.14. The molecule has 1 saturated heterocycles. The van der Waals surface area contributed by atoms with Crippen LogP contribution in [0.5, 0.6) is 0 Å². The van der Waals surface area contributed by atoms with Crippen LogP contribution in [-0.4, -0.2) is 23.6 Å². The van der Waals surface area contributed by atoms with Crippen LogP contribution in [-0.2, 0) is 4.74 Å². The number of rotatable bonds is 4. The van der Waals surface area contributed by atoms with Crippen LogP contribution in [0.25, 0.3) is 0 Å². The van der Waals surface area contributed by atoms with E-state index in [2.05, 4.69) is 16.6 Å². The zero-order chi connectivity index (χ0) is 10.7. The molecule has 0 bridgehead atoms. The van der Waals surface area contributed by atoms with E-state index in [1.807, 2.05) is 6.07 Å². The van der Waals surface area contributed by atoms with Gasteiger partial charge in [-0.3, -0.25) is 0 Å². The van der Waals surface area contributed by atoms with Crippen LogP contribution >= 0.6 is 11.5 Å². The number of nitrogens with zero attached hydrogens (tertiary/aromatic N) is 1. The van der Waals surface area contributed by atoms with Gasteiger partial charge < -0.3 is 15.8 Å². The Morgan fingerprint density at radius 2 is 2.60 bits per heavy atom. The van der Waals surface area contributed by atoms with Crippen LogP contribution in [0.2, 0.25) is 0 Å². The van der Waals surface area contributed by atoms with Gasteiger partial charge in [-0.15, -0.1) is 0 Å². The maximum atomic E-state index is 5.63. The Hall–Kier alpha value is -0.810. The molecule has 5 heteroatoms. The van der Waals surface area contributed by atoms with Gasteiger partial charge in [0, 0.05) is 25.1 Å². The lowest BCUT2D eigenvalue weighted by atomic mass is 10.00. The standard InChI is InChI=1S/C10H17N3OS/c1-2-8-7(3-4-14-8)6-12-10-5-9(11)13-15-10/h5,7-8,12H,2-4,6H2,1H3,(H2,11,13). The van der Waals surface area contributed by atoms with Crippen molar-refractivity contribution in [3.63, 3.8) is 0 Å². The number of nitrogen functional groups attached to an aromatic ring is 1. The Balaban J connectivity index is 1.82. The normalized spacial score (nSPS) is 25.7. The molecular formula is C10H17N3OS. The molecule has 2 heterocycles. The number of hydrogen-bond donors (Lipinski definition) is 2. The van der Waals surface area contributed by atoms with E-state index in [-0.39, 0.29) is 0 Å². The molecule has 2 rings (SSSR count). The van der Waals surface area contributed by atoms with Gasteiger partial charge in [-0.25, -0.2) is 0 Å². The summed E-state index contributed by atoms with van der Waals surface area (Å²) in [6.07, 6.45) is 2.67. The molecule has 2 atom stereocenters. The Bertz CT molecular complexity index is 315. The molecule has 1 fully saturated rings. The average Bonchev–Trinajstić information content (AvgIpc) is 2.83. The van der Waals surface area contributed by atoms with Crippen molar-refractivity contribution in [1.82, 2.24) is 4.37 Å². The first-order valence-electron chi connectivity index (χ1n) is 5.37. The number of aromatic nitrogens is 1. The molecular weight excluding hydrogens is 210 g/mol. The zero-order valence-electron chi connectivity index (χ0n) is 8.90. The van der Waals surface area contributed by atoms with E-state index in [0.29, 0.717) is 17.8 Å². The van der Waals surface area contributed by atoms with Crippen molar-refractivity contribution in [2.45, 2.75) is 25.9 Å². The minimum Gasteiger partial charge on any atom is -0.383 e. The zero-order valence-corrected chi connectivity index (χ0v) is 9.72. The fraction of sp³-hybridized carbons (Fsp3) is 0.700. The molecule has 84 valence electrons. The van der Waals surface area contributed by atoms with Crippen molar-refractivity contribution >= 4 is 22.4 Å². The fourth-order valence-electron chi connectivity index (χ4n) is 1.98. The van der Waals surface area contributed by atoms with Crippen molar-refractivity contribution in [1.29, 1.82) is 0 Å². The highest BCUT2D eigenvalue weighted by Crippen LogP contribution is 2.25. The van der Waals surface area contributed by atoms with Gasteiger partial charge in [0.1, 0.15) is 10.8 Å². The van der Waals surface area contributed by atoms with Gasteiger partial charge in [-0.2, -0.15) is 4.37 Å². The molecule has 0 spiro atoms. The van der Waals surface area contributed by atoms with E-state index >= 15 is 0 Å². The Kier molecular flexibility index (Phi) is 3.43. The summed E-state index contributed by atoms with van der Waals surface area (Å²) in [5, 5.41) is 4.42. The lowest BCUT2D eigenvalue weighted by Gasteiger charge is -2.16. The number of ether oxygens (including phenoxy) is 1. The molecule has 1 aromatic heterocycles. The van der Waals surface area contributed by atoms with Crippen molar-refractivity contribution in [3.05, 3.63) is 6.07 Å². The number of nitrogens with two attached hydrogens (primary N) is 1. The fourth-order valence-corrected chi connectivity index (χ4v) is 2.56. The Morgan fingerprint density at radius 1 is 1.73 bits per heavy atom. The minimum atomic E-state index is 0.419. The summed E-state index contributed by atoms with van der Waals surface area (Å²) in [6, 6.07) is 1.88. The van der Waals surface area contributed by atoms with E-state index < -0.39 is 0 Å². The average molecular weight is 227 g/mol. The molecule has 0 saturated carbocycles. The van der Waals surface area contributed by atoms with Crippen LogP contribution in [0, 0.1) is 5.92 Å². The predicted molar refractivity (Wildman–Crippen MR) is 63.2 cm³/mol. The second-order valence-electron chi connectivity index (χ2n) is 3.86. The molecule has 4 nitrogen and oxygen atoms in total. The van der Waals surface area contributed by atoms with Crippen LogP contribution in [0.4, 0.5) is 10.8 Å². The molecule has 2 unspecified atom stereocenters. The van der Waals surface area contributed by atoms with Crippen LogP contribution < -0.4 is 11.1 Å². The topological polar surface area (TPSA) is 60.2 Å². The van der Waals surface area contributed by atoms with E-state index in [1.165, 1.54) is 11.5 Å². The van der Waals surface area contributed by atoms with Crippen molar-refractivity contribution in [2.75, 3.05) is 24.2 Å². The highest BCUT2D eigenvalue weighted by atomic mass is 32.1. The number of anilines is 2. The summed E-state index contributed by atoms with van der Waals surface area (Å²) in [5.74, 6) is 1.22. The molecule has 0 aliphatic carbocycles. The lowest BCUT2D eigenvalue weighted by molar-refractivity contribution is 0.0900. The molecule has 1 aliphatic heterocycles. The van der Waals surface area contributed by atoms with Crippen LogP contribution in [0.3, 0.4) is 0 Å². The van der Waals surface area contributed by atoms with Gasteiger partial charge in [-0.05, 0) is 24.4 Å². The summed E-state index contributed by atoms with van der Waals surface area (Å²) in [6.45, 7) is 4.03. The summed E-state index contributed by atoms with van der Waals surface area (Å²) < 4.78 is 9.66. The first kappa shape index (κ1) is 10.7. The third kappa shape index (κ3) is 2.60. The maximum Gasteiger partial charge on any atom is 0.139 e. The number of nitrogens with one attached hydrogen (secondary N) is 1. The molecule has 1 aliphatic rings. The third-order valence-corrected chi connectivity index (χ3v) is 3.58. The molecule has 15 heavy (non-hydrogen) atoms. The van der Waals surface area contributed by atoms with Gasteiger partial charge in [0.25, 0.3) is 0 Å². The van der Waals surface area contributed by atoms with Crippen molar-refractivity contribution in [3.8, 4) is 0 Å². The Morgan fingerprint density at radius 3 is 3.27 bits per heavy atom. The SMILES string of the molecule is CCC1OCCC1CNc1cc(N)ns1. The van der Waals surface area contributed by atoms with Crippen LogP contribution in [0.1, 0.15) is 19.8 Å². The van der Waals surface area contributed by atoms with E-state index in [9.17, 15) is 0 Å². The quantitative estimate of drug-likeness (QED) is 0.825. The van der Waals surface area contributed by atoms with Gasteiger partial charge in [-0.1, -0.05) is 6.92 Å². The summed E-state index contributed by atoms with van der Waals surface area (Å²) >= 11 is 1.41. The molecule has 3 N–H and O–H groups in total. The van der Waals surface area contributed by atoms with Gasteiger partial charge in [0.2, 0.25) is 0 Å². The smallest absolute Gasteiger partial charge is 0.139 e. The molecule has 0 amide bonds. The van der Waals surface area contributed by atoms with Crippen LogP contribution in [0.15, 0.2) is 6.07 Å². The third-order valence-electron chi connectivity index (χ3n) is 2.82. The van der Waals surface area contributed by atoms with E-state index in [0.717, 1.165) is 31.0 Å². The van der Waals surface area contributed by atoms with Gasteiger partial charge >= 0.3 is 0 Å². The van der Waals surface area contributed by atoms with E-state index in [1.54, 1.807) is 0 Å². The van der Waals surface area contributed by atoms with Crippen molar-refractivity contribution < 1.29 is 4.74 Å². The summed E-state index contributed by atoms with van der Waals surface area (Å²) in [5.41, 5.74) is 5.55. The predicted octanol–water partition coefficient (Wildman–Crippen LogP) is 1.95. The Labute approximate surface area is 94.0 Å². The minimum absolute atomic E-state index is 0.419. The maximum absolute atomic E-state index is 5.63. The number of hydrogen-bond acceptors (Lipinski definition) is 5. The van der Waals surface area contributed by atoms with E-state index in [4.69, 9.17) is 10.5 Å². The van der Waals surface area contributed by atoms with Gasteiger partial charge in [0.05, 0.1) is 6.10 Å². The molecule has 0 aromatic carbocycles. The molecule has 0 radical (unpaired) electrons. The largest absolute Gasteiger partial charge is 0.383 e. The lowest BCUT2D eigenvalue weighted by Crippen LogP contribution is -2.22. The highest BCUT2D eigenvalue weighted by molar-refractivity contribution is 7.10. The second-order valence-corrected chi connectivity index (χ2v) is 4.67. The van der Waals surface area contributed by atoms with Crippen molar-refractivity contribution in [2.24, 2.45) is 5.92 Å². The summed E-state index contributed by atoms with van der Waals surface area (Å²) in [4.78, 5) is 0. The highest BCUT2D eigenvalue weighted by Gasteiger charge is 2.26. The second kappa shape index (κ2) is 4.81.